The predicted molar refractivity (Wildman–Crippen MR) is 77.1 cm³/mol. The summed E-state index contributed by atoms with van der Waals surface area (Å²) in [6.07, 6.45) is -10.1. The molecule has 0 amide bonds. The number of ether oxygens (including phenoxy) is 3. The highest BCUT2D eigenvalue weighted by atomic mass is 19.4. The fourth-order valence-corrected chi connectivity index (χ4v) is 2.13. The maximum Gasteiger partial charge on any atom is 0.422 e. The Labute approximate surface area is 151 Å². The Morgan fingerprint density at radius 3 is 1.63 bits per heavy atom. The lowest BCUT2D eigenvalue weighted by Gasteiger charge is -2.30. The van der Waals surface area contributed by atoms with Gasteiger partial charge in [-0.2, -0.15) is 26.3 Å². The van der Waals surface area contributed by atoms with E-state index < -0.39 is 67.3 Å². The van der Waals surface area contributed by atoms with Crippen LogP contribution in [0, 0.1) is 11.8 Å². The third-order valence-corrected chi connectivity index (χ3v) is 3.17. The molecule has 2 unspecified atom stereocenters. The summed E-state index contributed by atoms with van der Waals surface area (Å²) in [6.45, 7) is 0.800. The molecule has 0 aromatic heterocycles. The molecule has 12 heteroatoms. The van der Waals surface area contributed by atoms with Gasteiger partial charge in [-0.25, -0.2) is 0 Å². The van der Waals surface area contributed by atoms with Crippen molar-refractivity contribution < 1.29 is 54.9 Å². The van der Waals surface area contributed by atoms with Crippen molar-refractivity contribution in [2.45, 2.75) is 52.1 Å². The van der Waals surface area contributed by atoms with Gasteiger partial charge in [-0.05, 0) is 13.8 Å². The van der Waals surface area contributed by atoms with E-state index in [0.29, 0.717) is 0 Å². The smallest absolute Gasteiger partial charge is 0.422 e. The highest BCUT2D eigenvalue weighted by molar-refractivity contribution is 5.82. The monoisotopic (exact) mass is 410 g/mol. The Morgan fingerprint density at radius 1 is 0.852 bits per heavy atom. The zero-order valence-electron chi connectivity index (χ0n) is 15.0. The van der Waals surface area contributed by atoms with E-state index in [9.17, 15) is 40.7 Å². The lowest BCUT2D eigenvalue weighted by atomic mass is 9.84. The molecule has 0 aromatic rings. The van der Waals surface area contributed by atoms with Crippen LogP contribution >= 0.6 is 0 Å². The summed E-state index contributed by atoms with van der Waals surface area (Å²) in [4.78, 5) is 34.9. The van der Waals surface area contributed by atoms with E-state index in [-0.39, 0.29) is 0 Å². The number of alkyl halides is 6. The summed E-state index contributed by atoms with van der Waals surface area (Å²) in [5.41, 5.74) is -1.41. The summed E-state index contributed by atoms with van der Waals surface area (Å²) < 4.78 is 86.2. The van der Waals surface area contributed by atoms with Crippen molar-refractivity contribution in [2.24, 2.45) is 11.8 Å². The third kappa shape index (κ3) is 11.3. The fourth-order valence-electron chi connectivity index (χ4n) is 2.13. The molecule has 0 N–H and O–H groups in total. The zero-order valence-corrected chi connectivity index (χ0v) is 15.0. The number of rotatable bonds is 8. The maximum atomic E-state index is 12.2. The van der Waals surface area contributed by atoms with Crippen LogP contribution in [0.3, 0.4) is 0 Å². The average Bonchev–Trinajstić information content (AvgIpc) is 2.44. The van der Waals surface area contributed by atoms with Gasteiger partial charge in [-0.15, -0.1) is 0 Å². The summed E-state index contributed by atoms with van der Waals surface area (Å²) in [7, 11) is 0. The molecule has 0 aliphatic rings. The first-order valence-electron chi connectivity index (χ1n) is 7.60. The van der Waals surface area contributed by atoms with E-state index >= 15 is 0 Å². The van der Waals surface area contributed by atoms with Crippen LogP contribution in [0.15, 0.2) is 0 Å². The number of hydrogen-bond donors (Lipinski definition) is 0. The molecule has 0 saturated heterocycles. The van der Waals surface area contributed by atoms with Gasteiger partial charge in [0.25, 0.3) is 0 Å². The quantitative estimate of drug-likeness (QED) is 0.348. The van der Waals surface area contributed by atoms with E-state index in [4.69, 9.17) is 4.74 Å². The Balaban J connectivity index is 5.34. The SMILES string of the molecule is CC(=O)OC(C)(C)CC(C(=O)OCC(F)(F)F)C(C)C(=O)OCC(F)(F)F. The van der Waals surface area contributed by atoms with Crippen LogP contribution in [-0.2, 0) is 28.6 Å². The number of hydrogen-bond acceptors (Lipinski definition) is 6. The molecule has 0 spiro atoms. The van der Waals surface area contributed by atoms with Crippen molar-refractivity contribution in [2.75, 3.05) is 13.2 Å². The molecule has 0 aliphatic carbocycles. The fraction of sp³-hybridized carbons (Fsp3) is 0.800. The molecule has 0 bridgehead atoms. The Morgan fingerprint density at radius 2 is 1.26 bits per heavy atom. The molecule has 158 valence electrons. The molecule has 6 nitrogen and oxygen atoms in total. The van der Waals surface area contributed by atoms with Gasteiger partial charge in [0.1, 0.15) is 5.60 Å². The van der Waals surface area contributed by atoms with Gasteiger partial charge in [0.05, 0.1) is 11.8 Å². The van der Waals surface area contributed by atoms with Crippen molar-refractivity contribution in [3.05, 3.63) is 0 Å². The second kappa shape index (κ2) is 9.27. The molecule has 27 heavy (non-hydrogen) atoms. The summed E-state index contributed by atoms with van der Waals surface area (Å²) >= 11 is 0. The zero-order chi connectivity index (χ0) is 21.6. The van der Waals surface area contributed by atoms with Crippen LogP contribution in [0.1, 0.15) is 34.1 Å². The Bertz CT molecular complexity index is 540. The van der Waals surface area contributed by atoms with Crippen LogP contribution in [0.5, 0.6) is 0 Å². The molecular weight excluding hydrogens is 390 g/mol. The van der Waals surface area contributed by atoms with E-state index in [1.54, 1.807) is 0 Å². The standard InChI is InChI=1S/C15H20F6O6/c1-8(11(23)25-6-14(16,17)18)10(5-13(3,4)27-9(2)22)12(24)26-7-15(19,20)21/h8,10H,5-7H2,1-4H3. The van der Waals surface area contributed by atoms with Crippen LogP contribution in [0.2, 0.25) is 0 Å². The number of halogens is 6. The molecule has 0 radical (unpaired) electrons. The molecule has 0 aromatic carbocycles. The van der Waals surface area contributed by atoms with Crippen molar-refractivity contribution in [3.63, 3.8) is 0 Å². The molecule has 2 atom stereocenters. The summed E-state index contributed by atoms with van der Waals surface area (Å²) in [5.74, 6) is -6.93. The van der Waals surface area contributed by atoms with Gasteiger partial charge < -0.3 is 14.2 Å². The Hall–Kier alpha value is -2.01. The normalized spacial score (nSPS) is 14.9. The van der Waals surface area contributed by atoms with E-state index in [1.807, 2.05) is 0 Å². The van der Waals surface area contributed by atoms with E-state index in [1.165, 1.54) is 13.8 Å². The van der Waals surface area contributed by atoms with Crippen LogP contribution in [0.4, 0.5) is 26.3 Å². The molecule has 0 saturated carbocycles. The minimum atomic E-state index is -4.84. The van der Waals surface area contributed by atoms with Crippen LogP contribution in [-0.4, -0.2) is 49.1 Å². The first-order chi connectivity index (χ1) is 11.9. The molecular formula is C15H20F6O6. The highest BCUT2D eigenvalue weighted by Crippen LogP contribution is 2.29. The molecule has 0 fully saturated rings. The predicted octanol–water partition coefficient (Wildman–Crippen LogP) is 3.18. The topological polar surface area (TPSA) is 78.9 Å². The molecule has 0 heterocycles. The van der Waals surface area contributed by atoms with Gasteiger partial charge in [0, 0.05) is 13.3 Å². The largest absolute Gasteiger partial charge is 0.460 e. The van der Waals surface area contributed by atoms with Crippen LogP contribution < -0.4 is 0 Å². The third-order valence-electron chi connectivity index (χ3n) is 3.17. The van der Waals surface area contributed by atoms with Crippen molar-refractivity contribution in [3.8, 4) is 0 Å². The summed E-state index contributed by atoms with van der Waals surface area (Å²) in [6, 6.07) is 0. The number of esters is 3. The van der Waals surface area contributed by atoms with Gasteiger partial charge in [0.2, 0.25) is 0 Å². The first kappa shape index (κ1) is 25.0. The van der Waals surface area contributed by atoms with Gasteiger partial charge in [-0.1, -0.05) is 6.92 Å². The van der Waals surface area contributed by atoms with Crippen molar-refractivity contribution >= 4 is 17.9 Å². The van der Waals surface area contributed by atoms with Gasteiger partial charge in [-0.3, -0.25) is 14.4 Å². The molecule has 0 aliphatic heterocycles. The first-order valence-corrected chi connectivity index (χ1v) is 7.60. The second-order valence-electron chi connectivity index (χ2n) is 6.40. The minimum Gasteiger partial charge on any atom is -0.460 e. The average molecular weight is 410 g/mol. The highest BCUT2D eigenvalue weighted by Gasteiger charge is 2.41. The minimum absolute atomic E-state index is 0.481. The van der Waals surface area contributed by atoms with Crippen molar-refractivity contribution in [1.29, 1.82) is 0 Å². The lowest BCUT2D eigenvalue weighted by molar-refractivity contribution is -0.198. The van der Waals surface area contributed by atoms with Crippen molar-refractivity contribution in [1.82, 2.24) is 0 Å². The summed E-state index contributed by atoms with van der Waals surface area (Å²) in [5, 5.41) is 0. The Kier molecular flexibility index (Phi) is 8.58. The van der Waals surface area contributed by atoms with E-state index in [2.05, 4.69) is 9.47 Å². The number of carbonyl (C=O) groups is 3. The van der Waals surface area contributed by atoms with E-state index in [0.717, 1.165) is 13.8 Å². The lowest BCUT2D eigenvalue weighted by Crippen LogP contribution is -2.40. The number of carbonyl (C=O) groups excluding carboxylic acids is 3. The van der Waals surface area contributed by atoms with Gasteiger partial charge in [0.15, 0.2) is 13.2 Å². The van der Waals surface area contributed by atoms with Gasteiger partial charge >= 0.3 is 30.3 Å². The van der Waals surface area contributed by atoms with Crippen LogP contribution in [0.25, 0.3) is 0 Å². The molecule has 0 rings (SSSR count). The second-order valence-corrected chi connectivity index (χ2v) is 6.40. The maximum absolute atomic E-state index is 12.2.